The summed E-state index contributed by atoms with van der Waals surface area (Å²) in [4.78, 5) is 10.9. The third-order valence-corrected chi connectivity index (χ3v) is 1.62. The molecule has 0 unspecified atom stereocenters. The van der Waals surface area contributed by atoms with E-state index in [-0.39, 0.29) is 5.78 Å². The average molecular weight is 166 g/mol. The second-order valence-electron chi connectivity index (χ2n) is 2.86. The molecule has 0 aliphatic heterocycles. The van der Waals surface area contributed by atoms with Gasteiger partial charge in [-0.05, 0) is 18.9 Å². The Hall–Kier alpha value is -0.850. The van der Waals surface area contributed by atoms with Crippen LogP contribution in [0, 0.1) is 0 Å². The first-order valence-electron chi connectivity index (χ1n) is 4.61. The summed E-state index contributed by atoms with van der Waals surface area (Å²) in [5.41, 5.74) is 0. The molecule has 0 aliphatic carbocycles. The van der Waals surface area contributed by atoms with Gasteiger partial charge in [0.05, 0.1) is 0 Å². The standard InChI is InChI=1S/C11H18O/c1-3-5-6-7-8-10-11(12)9-4-2/h4,8,10H,2-3,5-7,9H2,1H3/b10-8+. The van der Waals surface area contributed by atoms with Gasteiger partial charge in [0.1, 0.15) is 0 Å². The SMILES string of the molecule is C=CCC(=O)/C=C/CCCCC. The fourth-order valence-corrected chi connectivity index (χ4v) is 0.937. The lowest BCUT2D eigenvalue weighted by Gasteiger charge is -1.91. The molecule has 12 heavy (non-hydrogen) atoms. The van der Waals surface area contributed by atoms with E-state index in [1.807, 2.05) is 6.08 Å². The number of carbonyl (C=O) groups excluding carboxylic acids is 1. The van der Waals surface area contributed by atoms with E-state index in [2.05, 4.69) is 13.5 Å². The Kier molecular flexibility index (Phi) is 7.66. The van der Waals surface area contributed by atoms with Gasteiger partial charge in [-0.15, -0.1) is 6.58 Å². The topological polar surface area (TPSA) is 17.1 Å². The van der Waals surface area contributed by atoms with Gasteiger partial charge in [-0.1, -0.05) is 31.9 Å². The molecule has 1 heteroatoms. The van der Waals surface area contributed by atoms with Crippen molar-refractivity contribution in [3.8, 4) is 0 Å². The molecule has 0 radical (unpaired) electrons. The van der Waals surface area contributed by atoms with Crippen LogP contribution in [0.3, 0.4) is 0 Å². The smallest absolute Gasteiger partial charge is 0.159 e. The largest absolute Gasteiger partial charge is 0.295 e. The molecule has 0 aromatic carbocycles. The van der Waals surface area contributed by atoms with Gasteiger partial charge in [-0.2, -0.15) is 0 Å². The van der Waals surface area contributed by atoms with Crippen molar-refractivity contribution in [2.75, 3.05) is 0 Å². The average Bonchev–Trinajstić information content (AvgIpc) is 2.05. The molecule has 0 rings (SSSR count). The van der Waals surface area contributed by atoms with E-state index in [0.717, 1.165) is 6.42 Å². The molecule has 0 aromatic heterocycles. The summed E-state index contributed by atoms with van der Waals surface area (Å²) in [6, 6.07) is 0. The molecule has 0 aliphatic rings. The van der Waals surface area contributed by atoms with Crippen LogP contribution in [0.15, 0.2) is 24.8 Å². The summed E-state index contributed by atoms with van der Waals surface area (Å²) < 4.78 is 0. The molecule has 0 saturated carbocycles. The van der Waals surface area contributed by atoms with Crippen LogP contribution in [0.4, 0.5) is 0 Å². The highest BCUT2D eigenvalue weighted by atomic mass is 16.1. The molecular weight excluding hydrogens is 148 g/mol. The molecule has 0 fully saturated rings. The van der Waals surface area contributed by atoms with Crippen LogP contribution in [-0.2, 0) is 4.79 Å². The maximum atomic E-state index is 10.9. The quantitative estimate of drug-likeness (QED) is 0.322. The van der Waals surface area contributed by atoms with E-state index in [1.54, 1.807) is 12.2 Å². The van der Waals surface area contributed by atoms with Crippen molar-refractivity contribution < 1.29 is 4.79 Å². The summed E-state index contributed by atoms with van der Waals surface area (Å²) in [6.45, 7) is 5.68. The Balaban J connectivity index is 3.34. The summed E-state index contributed by atoms with van der Waals surface area (Å²) >= 11 is 0. The fraction of sp³-hybridized carbons (Fsp3) is 0.545. The zero-order chi connectivity index (χ0) is 9.23. The first-order chi connectivity index (χ1) is 5.81. The van der Waals surface area contributed by atoms with Crippen molar-refractivity contribution in [2.24, 2.45) is 0 Å². The number of hydrogen-bond acceptors (Lipinski definition) is 1. The normalized spacial score (nSPS) is 10.4. The molecule has 68 valence electrons. The first kappa shape index (κ1) is 11.2. The molecular formula is C11H18O. The van der Waals surface area contributed by atoms with E-state index in [1.165, 1.54) is 19.3 Å². The molecule has 0 heterocycles. The molecule has 0 amide bonds. The van der Waals surface area contributed by atoms with Gasteiger partial charge in [0, 0.05) is 6.42 Å². The Morgan fingerprint density at radius 3 is 2.75 bits per heavy atom. The van der Waals surface area contributed by atoms with Crippen LogP contribution >= 0.6 is 0 Å². The van der Waals surface area contributed by atoms with E-state index >= 15 is 0 Å². The number of allylic oxidation sites excluding steroid dienone is 3. The minimum absolute atomic E-state index is 0.154. The van der Waals surface area contributed by atoms with Crippen molar-refractivity contribution in [2.45, 2.75) is 39.0 Å². The molecule has 0 atom stereocenters. The molecule has 0 bridgehead atoms. The Bertz CT molecular complexity index is 156. The minimum Gasteiger partial charge on any atom is -0.295 e. The van der Waals surface area contributed by atoms with Crippen LogP contribution in [-0.4, -0.2) is 5.78 Å². The van der Waals surface area contributed by atoms with Crippen LogP contribution in [0.2, 0.25) is 0 Å². The summed E-state index contributed by atoms with van der Waals surface area (Å²) in [5, 5.41) is 0. The maximum Gasteiger partial charge on any atom is 0.159 e. The van der Waals surface area contributed by atoms with Gasteiger partial charge < -0.3 is 0 Å². The van der Waals surface area contributed by atoms with Gasteiger partial charge >= 0.3 is 0 Å². The third-order valence-electron chi connectivity index (χ3n) is 1.62. The lowest BCUT2D eigenvalue weighted by atomic mass is 10.2. The predicted molar refractivity (Wildman–Crippen MR) is 53.1 cm³/mol. The van der Waals surface area contributed by atoms with Crippen molar-refractivity contribution in [1.82, 2.24) is 0 Å². The van der Waals surface area contributed by atoms with Crippen LogP contribution in [0.5, 0.6) is 0 Å². The van der Waals surface area contributed by atoms with Crippen LogP contribution < -0.4 is 0 Å². The van der Waals surface area contributed by atoms with Crippen molar-refractivity contribution in [1.29, 1.82) is 0 Å². The van der Waals surface area contributed by atoms with Gasteiger partial charge in [0.15, 0.2) is 5.78 Å². The lowest BCUT2D eigenvalue weighted by molar-refractivity contribution is -0.113. The van der Waals surface area contributed by atoms with E-state index in [4.69, 9.17) is 0 Å². The first-order valence-corrected chi connectivity index (χ1v) is 4.61. The van der Waals surface area contributed by atoms with Gasteiger partial charge in [0.25, 0.3) is 0 Å². The summed E-state index contributed by atoms with van der Waals surface area (Å²) in [7, 11) is 0. The van der Waals surface area contributed by atoms with Gasteiger partial charge in [-0.25, -0.2) is 0 Å². The second kappa shape index (κ2) is 8.25. The fourth-order valence-electron chi connectivity index (χ4n) is 0.937. The highest BCUT2D eigenvalue weighted by Crippen LogP contribution is 1.99. The van der Waals surface area contributed by atoms with Gasteiger partial charge in [0.2, 0.25) is 0 Å². The predicted octanol–water partition coefficient (Wildman–Crippen LogP) is 3.27. The van der Waals surface area contributed by atoms with E-state index in [0.29, 0.717) is 6.42 Å². The van der Waals surface area contributed by atoms with Crippen molar-refractivity contribution in [3.05, 3.63) is 24.8 Å². The van der Waals surface area contributed by atoms with Gasteiger partial charge in [-0.3, -0.25) is 4.79 Å². The zero-order valence-electron chi connectivity index (χ0n) is 7.88. The van der Waals surface area contributed by atoms with Crippen LogP contribution in [0.1, 0.15) is 39.0 Å². The monoisotopic (exact) mass is 166 g/mol. The summed E-state index contributed by atoms with van der Waals surface area (Å²) in [6.07, 6.45) is 10.4. The Labute approximate surface area is 75.2 Å². The summed E-state index contributed by atoms with van der Waals surface area (Å²) in [5.74, 6) is 0.154. The zero-order valence-corrected chi connectivity index (χ0v) is 7.88. The maximum absolute atomic E-state index is 10.9. The molecule has 1 nitrogen and oxygen atoms in total. The molecule has 0 N–H and O–H groups in total. The second-order valence-corrected chi connectivity index (χ2v) is 2.86. The molecule has 0 spiro atoms. The van der Waals surface area contributed by atoms with Crippen molar-refractivity contribution >= 4 is 5.78 Å². The third kappa shape index (κ3) is 7.26. The van der Waals surface area contributed by atoms with Crippen molar-refractivity contribution in [3.63, 3.8) is 0 Å². The highest BCUT2D eigenvalue weighted by Gasteiger charge is 1.89. The Morgan fingerprint density at radius 1 is 1.42 bits per heavy atom. The number of ketones is 1. The van der Waals surface area contributed by atoms with E-state index < -0.39 is 0 Å². The minimum atomic E-state index is 0.154. The number of carbonyl (C=O) groups is 1. The number of hydrogen-bond donors (Lipinski definition) is 0. The lowest BCUT2D eigenvalue weighted by Crippen LogP contribution is -1.87. The number of rotatable bonds is 7. The Morgan fingerprint density at radius 2 is 2.17 bits per heavy atom. The number of unbranched alkanes of at least 4 members (excludes halogenated alkanes) is 3. The van der Waals surface area contributed by atoms with E-state index in [9.17, 15) is 4.79 Å². The van der Waals surface area contributed by atoms with Crippen LogP contribution in [0.25, 0.3) is 0 Å². The molecule has 0 aromatic rings. The molecule has 0 saturated heterocycles. The highest BCUT2D eigenvalue weighted by molar-refractivity contribution is 5.90.